The Bertz CT molecular complexity index is 2230. The van der Waals surface area contributed by atoms with Crippen molar-refractivity contribution < 1.29 is 18.0 Å². The molecule has 1 aromatic heterocycles. The number of unbranched alkanes of at least 4 members (excludes halogenated alkanes) is 1. The Hall–Kier alpha value is -4.52. The van der Waals surface area contributed by atoms with Gasteiger partial charge in [0.2, 0.25) is 21.8 Å². The molecule has 0 bridgehead atoms. The lowest BCUT2D eigenvalue weighted by Crippen LogP contribution is -2.51. The van der Waals surface area contributed by atoms with Crippen molar-refractivity contribution >= 4 is 45.0 Å². The number of aromatic nitrogens is 2. The number of hydrogen-bond donors (Lipinski definition) is 1. The van der Waals surface area contributed by atoms with Crippen LogP contribution < -0.4 is 5.32 Å². The molecule has 0 aliphatic carbocycles. The third kappa shape index (κ3) is 10.8. The van der Waals surface area contributed by atoms with Crippen molar-refractivity contribution in [2.45, 2.75) is 82.2 Å². The molecular weight excluding hydrogens is 828 g/mol. The normalized spacial score (nSPS) is 13.8. The lowest BCUT2D eigenvalue weighted by atomic mass is 9.76. The molecule has 1 aliphatic heterocycles. The largest absolute Gasteiger partial charge is 0.346 e. The summed E-state index contributed by atoms with van der Waals surface area (Å²) in [6.45, 7) is 10.2. The number of sulfonamides is 1. The first kappa shape index (κ1) is 46.0. The van der Waals surface area contributed by atoms with Crippen LogP contribution in [0, 0.1) is 6.92 Å². The molecule has 0 radical (unpaired) electrons. The Morgan fingerprint density at radius 1 is 0.787 bits per heavy atom. The van der Waals surface area contributed by atoms with E-state index in [0.717, 1.165) is 59.2 Å². The number of aryl methyl sites for hydroxylation is 1. The minimum Gasteiger partial charge on any atom is -0.346 e. The Labute approximate surface area is 371 Å². The number of rotatable bonds is 19. The van der Waals surface area contributed by atoms with Gasteiger partial charge in [-0.05, 0) is 120 Å². The summed E-state index contributed by atoms with van der Waals surface area (Å²) in [5, 5.41) is 3.08. The molecule has 1 saturated heterocycles. The van der Waals surface area contributed by atoms with Crippen LogP contribution in [-0.2, 0) is 31.6 Å². The SMILES string of the molecule is Cc1c(Cl)ccc(S(=O)(=O)N(CC(=O)NCC(=O)N(CCCCN2CCCC2)CCCc2cncn2C(c2ccccc2)(c2ccccc2)c2ccccc2)C(C)(C)C)c1Cl. The van der Waals surface area contributed by atoms with Gasteiger partial charge < -0.3 is 19.7 Å². The molecular formula is C48H58Cl2N6O4S. The van der Waals surface area contributed by atoms with Crippen LogP contribution in [0.25, 0.3) is 0 Å². The van der Waals surface area contributed by atoms with Gasteiger partial charge in [-0.2, -0.15) is 4.31 Å². The second kappa shape index (κ2) is 20.6. The summed E-state index contributed by atoms with van der Waals surface area (Å²) in [7, 11) is -4.23. The van der Waals surface area contributed by atoms with Gasteiger partial charge in [0.25, 0.3) is 0 Å². The summed E-state index contributed by atoms with van der Waals surface area (Å²) in [5.41, 5.74) is 3.05. The molecule has 0 atom stereocenters. The van der Waals surface area contributed by atoms with Gasteiger partial charge in [0.1, 0.15) is 10.4 Å². The van der Waals surface area contributed by atoms with E-state index in [0.29, 0.717) is 36.5 Å². The van der Waals surface area contributed by atoms with Crippen molar-refractivity contribution in [3.63, 3.8) is 0 Å². The number of likely N-dealkylation sites (tertiary alicyclic amines) is 1. The van der Waals surface area contributed by atoms with Crippen molar-refractivity contribution in [3.05, 3.63) is 154 Å². The molecule has 10 nitrogen and oxygen atoms in total. The number of benzene rings is 4. The van der Waals surface area contributed by atoms with Crippen molar-refractivity contribution in [3.8, 4) is 0 Å². The summed E-state index contributed by atoms with van der Waals surface area (Å²) in [4.78, 5) is 36.4. The first-order valence-electron chi connectivity index (χ1n) is 21.2. The zero-order valence-corrected chi connectivity index (χ0v) is 38.0. The maximum absolute atomic E-state index is 14.0. The molecule has 0 spiro atoms. The predicted molar refractivity (Wildman–Crippen MR) is 244 cm³/mol. The topological polar surface area (TPSA) is 108 Å². The van der Waals surface area contributed by atoms with Crippen molar-refractivity contribution in [2.24, 2.45) is 0 Å². The highest BCUT2D eigenvalue weighted by Gasteiger charge is 2.40. The molecule has 5 aromatic rings. The summed E-state index contributed by atoms with van der Waals surface area (Å²) in [5.74, 6) is -0.817. The van der Waals surface area contributed by atoms with Crippen LogP contribution in [0.4, 0.5) is 0 Å². The molecule has 2 heterocycles. The monoisotopic (exact) mass is 884 g/mol. The lowest BCUT2D eigenvalue weighted by Gasteiger charge is -2.38. The van der Waals surface area contributed by atoms with Crippen LogP contribution >= 0.6 is 23.2 Å². The Morgan fingerprint density at radius 2 is 1.34 bits per heavy atom. The predicted octanol–water partition coefficient (Wildman–Crippen LogP) is 8.58. The van der Waals surface area contributed by atoms with Crippen LogP contribution in [0.2, 0.25) is 10.0 Å². The van der Waals surface area contributed by atoms with E-state index in [1.807, 2.05) is 35.6 Å². The number of hydrogen-bond acceptors (Lipinski definition) is 6. The van der Waals surface area contributed by atoms with Crippen LogP contribution in [0.5, 0.6) is 0 Å². The summed E-state index contributed by atoms with van der Waals surface area (Å²) in [6, 6.07) is 34.2. The first-order chi connectivity index (χ1) is 29.2. The highest BCUT2D eigenvalue weighted by molar-refractivity contribution is 7.89. The highest BCUT2D eigenvalue weighted by atomic mass is 35.5. The number of carbonyl (C=O) groups is 2. The molecule has 0 saturated carbocycles. The van der Waals surface area contributed by atoms with Gasteiger partial charge in [-0.25, -0.2) is 13.4 Å². The van der Waals surface area contributed by atoms with Gasteiger partial charge in [-0.15, -0.1) is 0 Å². The molecule has 2 amide bonds. The van der Waals surface area contributed by atoms with Crippen LogP contribution in [-0.4, -0.2) is 95.2 Å². The number of amides is 2. The number of nitrogens with zero attached hydrogens (tertiary/aromatic N) is 5. The number of nitrogens with one attached hydrogen (secondary N) is 1. The fraction of sp³-hybridized carbons (Fsp3) is 0.396. The third-order valence-electron chi connectivity index (χ3n) is 11.5. The summed E-state index contributed by atoms with van der Waals surface area (Å²) < 4.78 is 31.3. The van der Waals surface area contributed by atoms with Crippen LogP contribution in [0.1, 0.15) is 80.8 Å². The maximum Gasteiger partial charge on any atom is 0.245 e. The summed E-state index contributed by atoms with van der Waals surface area (Å²) >= 11 is 12.7. The Kier molecular flexibility index (Phi) is 15.5. The zero-order chi connectivity index (χ0) is 43.6. The van der Waals surface area contributed by atoms with Gasteiger partial charge in [-0.1, -0.05) is 114 Å². The van der Waals surface area contributed by atoms with Gasteiger partial charge in [0.05, 0.1) is 24.4 Å². The Balaban J connectivity index is 1.19. The molecule has 1 N–H and O–H groups in total. The van der Waals surface area contributed by atoms with E-state index in [-0.39, 0.29) is 22.4 Å². The molecule has 324 valence electrons. The quantitative estimate of drug-likeness (QED) is 0.0658. The van der Waals surface area contributed by atoms with Crippen molar-refractivity contribution in [2.75, 3.05) is 45.8 Å². The van der Waals surface area contributed by atoms with E-state index in [2.05, 4.69) is 87.6 Å². The summed E-state index contributed by atoms with van der Waals surface area (Å²) in [6.07, 6.45) is 9.35. The average molecular weight is 886 g/mol. The fourth-order valence-corrected chi connectivity index (χ4v) is 10.9. The minimum absolute atomic E-state index is 0.00615. The van der Waals surface area contributed by atoms with E-state index in [1.54, 1.807) is 27.7 Å². The van der Waals surface area contributed by atoms with Gasteiger partial charge >= 0.3 is 0 Å². The van der Waals surface area contributed by atoms with E-state index in [4.69, 9.17) is 28.2 Å². The van der Waals surface area contributed by atoms with E-state index >= 15 is 0 Å². The third-order valence-corrected chi connectivity index (χ3v) is 14.7. The maximum atomic E-state index is 14.0. The molecule has 13 heteroatoms. The van der Waals surface area contributed by atoms with Crippen molar-refractivity contribution in [1.29, 1.82) is 0 Å². The van der Waals surface area contributed by atoms with Crippen LogP contribution in [0.15, 0.2) is 121 Å². The second-order valence-electron chi connectivity index (χ2n) is 16.7. The van der Waals surface area contributed by atoms with Crippen LogP contribution in [0.3, 0.4) is 0 Å². The van der Waals surface area contributed by atoms with Crippen molar-refractivity contribution in [1.82, 2.24) is 29.0 Å². The molecule has 1 fully saturated rings. The van der Waals surface area contributed by atoms with E-state index in [9.17, 15) is 18.0 Å². The van der Waals surface area contributed by atoms with Gasteiger partial charge in [-0.3, -0.25) is 9.59 Å². The molecule has 6 rings (SSSR count). The number of halogens is 2. The first-order valence-corrected chi connectivity index (χ1v) is 23.4. The minimum atomic E-state index is -4.23. The number of imidazole rings is 1. The molecule has 4 aromatic carbocycles. The average Bonchev–Trinajstić information content (AvgIpc) is 3.96. The fourth-order valence-electron chi connectivity index (χ4n) is 8.33. The van der Waals surface area contributed by atoms with Gasteiger partial charge in [0, 0.05) is 35.5 Å². The zero-order valence-electron chi connectivity index (χ0n) is 35.7. The standard InChI is InChI=1S/C48H58Cl2N6O4S/c1-37-42(49)26-27-43(46(37)50)61(59,60)56(47(2,3)4)35-44(57)52-34-45(58)54(31-17-16-30-53-28-14-15-29-53)32-18-25-41-33-51-36-55(41)48(38-19-8-5-9-20-38,39-21-10-6-11-22-39)40-23-12-7-13-24-40/h5-13,19-24,26-27,33,36H,14-18,25,28-32,34-35H2,1-4H3,(H,52,57). The Morgan fingerprint density at radius 3 is 1.90 bits per heavy atom. The number of carbonyl (C=O) groups excluding carboxylic acids is 2. The smallest absolute Gasteiger partial charge is 0.245 e. The molecule has 0 unspecified atom stereocenters. The molecule has 61 heavy (non-hydrogen) atoms. The highest BCUT2D eigenvalue weighted by Crippen LogP contribution is 2.42. The van der Waals surface area contributed by atoms with Gasteiger partial charge in [0.15, 0.2) is 0 Å². The van der Waals surface area contributed by atoms with E-state index < -0.39 is 33.6 Å². The van der Waals surface area contributed by atoms with E-state index in [1.165, 1.54) is 25.0 Å². The lowest BCUT2D eigenvalue weighted by molar-refractivity contribution is -0.133. The second-order valence-corrected chi connectivity index (χ2v) is 19.4. The molecule has 1 aliphatic rings.